The van der Waals surface area contributed by atoms with Crippen LogP contribution in [0.25, 0.3) is 0 Å². The van der Waals surface area contributed by atoms with Crippen molar-refractivity contribution in [1.29, 1.82) is 0 Å². The highest BCUT2D eigenvalue weighted by atomic mass is 32.2. The van der Waals surface area contributed by atoms with Crippen molar-refractivity contribution in [3.05, 3.63) is 65.2 Å². The van der Waals surface area contributed by atoms with Crippen LogP contribution in [0.3, 0.4) is 0 Å². The lowest BCUT2D eigenvalue weighted by atomic mass is 10.1. The van der Waals surface area contributed by atoms with Gasteiger partial charge in [0.05, 0.1) is 10.9 Å². The molecule has 0 aliphatic heterocycles. The van der Waals surface area contributed by atoms with Crippen molar-refractivity contribution in [2.75, 3.05) is 6.26 Å². The topological polar surface area (TPSA) is 75.3 Å². The van der Waals surface area contributed by atoms with E-state index < -0.39 is 9.84 Å². The fraction of sp³-hybridized carbons (Fsp3) is 0.278. The Morgan fingerprint density at radius 2 is 1.71 bits per heavy atom. The predicted molar refractivity (Wildman–Crippen MR) is 94.5 cm³/mol. The fourth-order valence-electron chi connectivity index (χ4n) is 2.32. The number of amides is 2. The van der Waals surface area contributed by atoms with Gasteiger partial charge in [-0.2, -0.15) is 0 Å². The standard InChI is InChI=1S/C18H22N2O3S/c1-13-6-4-5-7-16(13)12-19-18(21)20-14(2)15-8-10-17(11-9-15)24(3,22)23/h4-11,14H,12H2,1-3H3,(H2,19,20,21). The monoisotopic (exact) mass is 346 g/mol. The molecule has 0 radical (unpaired) electrons. The lowest BCUT2D eigenvalue weighted by Gasteiger charge is -2.16. The quantitative estimate of drug-likeness (QED) is 0.874. The Hall–Kier alpha value is -2.34. The third-order valence-corrected chi connectivity index (χ3v) is 4.98. The Kier molecular flexibility index (Phi) is 5.62. The van der Waals surface area contributed by atoms with Crippen LogP contribution in [0.4, 0.5) is 4.79 Å². The lowest BCUT2D eigenvalue weighted by molar-refractivity contribution is 0.237. The molecule has 2 amide bonds. The van der Waals surface area contributed by atoms with E-state index in [9.17, 15) is 13.2 Å². The maximum absolute atomic E-state index is 12.0. The molecule has 5 nitrogen and oxygen atoms in total. The first-order chi connectivity index (χ1) is 11.3. The molecule has 0 aliphatic rings. The molecule has 0 heterocycles. The Balaban J connectivity index is 1.93. The van der Waals surface area contributed by atoms with Gasteiger partial charge in [0, 0.05) is 12.8 Å². The van der Waals surface area contributed by atoms with E-state index in [4.69, 9.17) is 0 Å². The molecule has 0 aliphatic carbocycles. The summed E-state index contributed by atoms with van der Waals surface area (Å²) >= 11 is 0. The first-order valence-corrected chi connectivity index (χ1v) is 9.55. The van der Waals surface area contributed by atoms with Gasteiger partial charge in [-0.3, -0.25) is 0 Å². The number of rotatable bonds is 5. The SMILES string of the molecule is Cc1ccccc1CNC(=O)NC(C)c1ccc(S(C)(=O)=O)cc1. The Morgan fingerprint density at radius 1 is 1.08 bits per heavy atom. The maximum atomic E-state index is 12.0. The molecule has 128 valence electrons. The van der Waals surface area contributed by atoms with Crippen molar-refractivity contribution >= 4 is 15.9 Å². The van der Waals surface area contributed by atoms with Crippen LogP contribution in [0.2, 0.25) is 0 Å². The zero-order valence-corrected chi connectivity index (χ0v) is 14.9. The fourth-order valence-corrected chi connectivity index (χ4v) is 2.95. The predicted octanol–water partition coefficient (Wildman–Crippen LogP) is 2.96. The second kappa shape index (κ2) is 7.49. The highest BCUT2D eigenvalue weighted by Crippen LogP contribution is 2.16. The summed E-state index contributed by atoms with van der Waals surface area (Å²) in [5, 5.41) is 5.67. The molecular weight excluding hydrogens is 324 g/mol. The number of hydrogen-bond acceptors (Lipinski definition) is 3. The molecule has 2 rings (SSSR count). The van der Waals surface area contributed by atoms with Crippen molar-refractivity contribution in [1.82, 2.24) is 10.6 Å². The zero-order chi connectivity index (χ0) is 17.7. The van der Waals surface area contributed by atoms with E-state index in [1.54, 1.807) is 24.3 Å². The molecule has 0 saturated heterocycles. The number of benzene rings is 2. The molecule has 2 aromatic rings. The van der Waals surface area contributed by atoms with E-state index in [1.807, 2.05) is 38.1 Å². The van der Waals surface area contributed by atoms with Gasteiger partial charge in [-0.15, -0.1) is 0 Å². The average molecular weight is 346 g/mol. The van der Waals surface area contributed by atoms with Gasteiger partial charge in [-0.25, -0.2) is 13.2 Å². The highest BCUT2D eigenvalue weighted by Gasteiger charge is 2.11. The summed E-state index contributed by atoms with van der Waals surface area (Å²) in [5.74, 6) is 0. The number of hydrogen-bond donors (Lipinski definition) is 2. The van der Waals surface area contributed by atoms with Crippen molar-refractivity contribution in [2.45, 2.75) is 31.3 Å². The minimum Gasteiger partial charge on any atom is -0.334 e. The zero-order valence-electron chi connectivity index (χ0n) is 14.0. The van der Waals surface area contributed by atoms with Gasteiger partial charge < -0.3 is 10.6 Å². The summed E-state index contributed by atoms with van der Waals surface area (Å²) in [5.41, 5.74) is 3.04. The van der Waals surface area contributed by atoms with Crippen LogP contribution >= 0.6 is 0 Å². The van der Waals surface area contributed by atoms with E-state index >= 15 is 0 Å². The van der Waals surface area contributed by atoms with Gasteiger partial charge in [0.25, 0.3) is 0 Å². The molecular formula is C18H22N2O3S. The van der Waals surface area contributed by atoms with E-state index in [-0.39, 0.29) is 17.0 Å². The van der Waals surface area contributed by atoms with E-state index in [1.165, 1.54) is 6.26 Å². The summed E-state index contributed by atoms with van der Waals surface area (Å²) in [7, 11) is -3.21. The van der Waals surface area contributed by atoms with E-state index in [2.05, 4.69) is 10.6 Å². The summed E-state index contributed by atoms with van der Waals surface area (Å²) in [6, 6.07) is 13.9. The second-order valence-corrected chi connectivity index (χ2v) is 7.83. The number of carbonyl (C=O) groups excluding carboxylic acids is 1. The molecule has 24 heavy (non-hydrogen) atoms. The van der Waals surface area contributed by atoms with Crippen molar-refractivity contribution in [3.63, 3.8) is 0 Å². The van der Waals surface area contributed by atoms with E-state index in [0.29, 0.717) is 6.54 Å². The van der Waals surface area contributed by atoms with Crippen LogP contribution in [0, 0.1) is 6.92 Å². The van der Waals surface area contributed by atoms with E-state index in [0.717, 1.165) is 16.7 Å². The third kappa shape index (κ3) is 4.83. The smallest absolute Gasteiger partial charge is 0.315 e. The summed E-state index contributed by atoms with van der Waals surface area (Å²) in [6.45, 7) is 4.31. The largest absolute Gasteiger partial charge is 0.334 e. The summed E-state index contributed by atoms with van der Waals surface area (Å²) in [4.78, 5) is 12.3. The Labute approximate surface area is 143 Å². The minimum absolute atomic E-state index is 0.226. The number of nitrogens with one attached hydrogen (secondary N) is 2. The van der Waals surface area contributed by atoms with Crippen LogP contribution in [0.1, 0.15) is 29.7 Å². The molecule has 1 atom stereocenters. The van der Waals surface area contributed by atoms with Crippen LogP contribution in [0.15, 0.2) is 53.4 Å². The third-order valence-electron chi connectivity index (χ3n) is 3.86. The van der Waals surface area contributed by atoms with Crippen molar-refractivity contribution in [2.24, 2.45) is 0 Å². The number of urea groups is 1. The van der Waals surface area contributed by atoms with Crippen molar-refractivity contribution < 1.29 is 13.2 Å². The molecule has 0 spiro atoms. The number of sulfone groups is 1. The second-order valence-electron chi connectivity index (χ2n) is 5.82. The van der Waals surface area contributed by atoms with Gasteiger partial charge in [0.1, 0.15) is 0 Å². The maximum Gasteiger partial charge on any atom is 0.315 e. The highest BCUT2D eigenvalue weighted by molar-refractivity contribution is 7.90. The first kappa shape index (κ1) is 18.0. The van der Waals surface area contributed by atoms with Gasteiger partial charge in [-0.1, -0.05) is 36.4 Å². The van der Waals surface area contributed by atoms with Crippen molar-refractivity contribution in [3.8, 4) is 0 Å². The van der Waals surface area contributed by atoms with Crippen LogP contribution in [-0.4, -0.2) is 20.7 Å². The molecule has 0 fully saturated rings. The van der Waals surface area contributed by atoms with Crippen LogP contribution in [-0.2, 0) is 16.4 Å². The summed E-state index contributed by atoms with van der Waals surface area (Å²) < 4.78 is 22.9. The Bertz CT molecular complexity index is 814. The van der Waals surface area contributed by atoms with Gasteiger partial charge in [0.2, 0.25) is 0 Å². The average Bonchev–Trinajstić information content (AvgIpc) is 2.53. The van der Waals surface area contributed by atoms with Gasteiger partial charge in [0.15, 0.2) is 9.84 Å². The number of aryl methyl sites for hydroxylation is 1. The molecule has 1 unspecified atom stereocenters. The minimum atomic E-state index is -3.21. The molecule has 0 aromatic heterocycles. The van der Waals surface area contributed by atoms with Crippen LogP contribution in [0.5, 0.6) is 0 Å². The van der Waals surface area contributed by atoms with Gasteiger partial charge >= 0.3 is 6.03 Å². The summed E-state index contributed by atoms with van der Waals surface area (Å²) in [6.07, 6.45) is 1.17. The van der Waals surface area contributed by atoms with Gasteiger partial charge in [-0.05, 0) is 42.7 Å². The molecule has 2 N–H and O–H groups in total. The lowest BCUT2D eigenvalue weighted by Crippen LogP contribution is -2.36. The number of carbonyl (C=O) groups is 1. The molecule has 6 heteroatoms. The van der Waals surface area contributed by atoms with Crippen LogP contribution < -0.4 is 10.6 Å². The normalized spacial score (nSPS) is 12.5. The molecule has 2 aromatic carbocycles. The molecule has 0 bridgehead atoms. The Morgan fingerprint density at radius 3 is 2.29 bits per heavy atom. The first-order valence-electron chi connectivity index (χ1n) is 7.66. The molecule has 0 saturated carbocycles.